The van der Waals surface area contributed by atoms with E-state index in [1.807, 2.05) is 0 Å². The fourth-order valence-corrected chi connectivity index (χ4v) is 1.96. The molecule has 0 aliphatic carbocycles. The molecule has 3 heteroatoms. The van der Waals surface area contributed by atoms with Crippen LogP contribution in [0.3, 0.4) is 0 Å². The fourth-order valence-electron chi connectivity index (χ4n) is 1.96. The largest absolute Gasteiger partial charge is 0.395 e. The second-order valence-corrected chi connectivity index (χ2v) is 4.56. The molecule has 0 saturated carbocycles. The predicted octanol–water partition coefficient (Wildman–Crippen LogP) is 1.16. The molecule has 0 aromatic heterocycles. The quantitative estimate of drug-likeness (QED) is 0.701. The van der Waals surface area contributed by atoms with Crippen molar-refractivity contribution in [1.82, 2.24) is 5.32 Å². The van der Waals surface area contributed by atoms with E-state index in [-0.39, 0.29) is 12.6 Å². The Balaban J connectivity index is 2.23. The van der Waals surface area contributed by atoms with Gasteiger partial charge < -0.3 is 15.2 Å². The molecule has 0 radical (unpaired) electrons. The van der Waals surface area contributed by atoms with E-state index in [4.69, 9.17) is 4.74 Å². The molecule has 1 heterocycles. The van der Waals surface area contributed by atoms with Gasteiger partial charge in [-0.25, -0.2) is 0 Å². The van der Waals surface area contributed by atoms with E-state index in [1.165, 1.54) is 0 Å². The number of aliphatic hydroxyl groups excluding tert-OH is 1. The van der Waals surface area contributed by atoms with Crippen LogP contribution in [0.2, 0.25) is 0 Å². The number of aliphatic hydroxyl groups is 1. The molecule has 0 aromatic rings. The maximum absolute atomic E-state index is 9.21. The Hall–Kier alpha value is -0.120. The lowest BCUT2D eigenvalue weighted by Gasteiger charge is -2.28. The monoisotopic (exact) mass is 201 g/mol. The maximum Gasteiger partial charge on any atom is 0.0584 e. The average Bonchev–Trinajstić information content (AvgIpc) is 2.17. The summed E-state index contributed by atoms with van der Waals surface area (Å²) in [5.74, 6) is 0.638. The molecular formula is C11H23NO2. The molecule has 84 valence electrons. The van der Waals surface area contributed by atoms with Gasteiger partial charge in [0.25, 0.3) is 0 Å². The Bertz CT molecular complexity index is 144. The third-order valence-electron chi connectivity index (χ3n) is 2.67. The normalized spacial score (nSPS) is 21.4. The van der Waals surface area contributed by atoms with E-state index in [0.717, 1.165) is 32.5 Å². The topological polar surface area (TPSA) is 41.5 Å². The van der Waals surface area contributed by atoms with Crippen LogP contribution in [-0.4, -0.2) is 37.0 Å². The van der Waals surface area contributed by atoms with E-state index in [0.29, 0.717) is 12.0 Å². The van der Waals surface area contributed by atoms with Gasteiger partial charge in [0.15, 0.2) is 0 Å². The Morgan fingerprint density at radius 3 is 2.50 bits per heavy atom. The van der Waals surface area contributed by atoms with Crippen LogP contribution in [0, 0.1) is 5.92 Å². The summed E-state index contributed by atoms with van der Waals surface area (Å²) in [7, 11) is 0. The number of ether oxygens (including phenoxy) is 1. The van der Waals surface area contributed by atoms with Gasteiger partial charge in [0.05, 0.1) is 6.61 Å². The SMILES string of the molecule is CC(C)C[C@@H](CO)NC1CCOCC1. The molecular weight excluding hydrogens is 178 g/mol. The average molecular weight is 201 g/mol. The van der Waals surface area contributed by atoms with Crippen LogP contribution >= 0.6 is 0 Å². The molecule has 1 rings (SSSR count). The lowest BCUT2D eigenvalue weighted by molar-refractivity contribution is 0.0701. The zero-order valence-corrected chi connectivity index (χ0v) is 9.33. The highest BCUT2D eigenvalue weighted by molar-refractivity contribution is 4.76. The number of nitrogens with one attached hydrogen (secondary N) is 1. The summed E-state index contributed by atoms with van der Waals surface area (Å²) in [4.78, 5) is 0. The van der Waals surface area contributed by atoms with Gasteiger partial charge in [-0.15, -0.1) is 0 Å². The molecule has 0 spiro atoms. The summed E-state index contributed by atoms with van der Waals surface area (Å²) < 4.78 is 5.29. The number of hydrogen-bond acceptors (Lipinski definition) is 3. The van der Waals surface area contributed by atoms with Crippen molar-refractivity contribution >= 4 is 0 Å². The molecule has 0 bridgehead atoms. The minimum absolute atomic E-state index is 0.246. The van der Waals surface area contributed by atoms with Crippen LogP contribution in [-0.2, 0) is 4.74 Å². The molecule has 1 aliphatic rings. The molecule has 1 aliphatic heterocycles. The smallest absolute Gasteiger partial charge is 0.0584 e. The Morgan fingerprint density at radius 1 is 1.36 bits per heavy atom. The van der Waals surface area contributed by atoms with Crippen LogP contribution in [0.25, 0.3) is 0 Å². The third-order valence-corrected chi connectivity index (χ3v) is 2.67. The van der Waals surface area contributed by atoms with Gasteiger partial charge in [-0.3, -0.25) is 0 Å². The predicted molar refractivity (Wildman–Crippen MR) is 57.3 cm³/mol. The Kier molecular flexibility index (Phi) is 5.45. The minimum atomic E-state index is 0.246. The van der Waals surface area contributed by atoms with E-state index >= 15 is 0 Å². The number of rotatable bonds is 5. The van der Waals surface area contributed by atoms with Crippen molar-refractivity contribution in [3.63, 3.8) is 0 Å². The van der Waals surface area contributed by atoms with Crippen molar-refractivity contribution in [3.05, 3.63) is 0 Å². The van der Waals surface area contributed by atoms with Gasteiger partial charge in [0.2, 0.25) is 0 Å². The highest BCUT2D eigenvalue weighted by atomic mass is 16.5. The fraction of sp³-hybridized carbons (Fsp3) is 1.00. The summed E-state index contributed by atoms with van der Waals surface area (Å²) in [6.45, 7) is 6.34. The highest BCUT2D eigenvalue weighted by Crippen LogP contribution is 2.10. The third kappa shape index (κ3) is 4.40. The van der Waals surface area contributed by atoms with Gasteiger partial charge >= 0.3 is 0 Å². The molecule has 0 aromatic carbocycles. The van der Waals surface area contributed by atoms with E-state index in [2.05, 4.69) is 19.2 Å². The van der Waals surface area contributed by atoms with Gasteiger partial charge in [0, 0.05) is 25.3 Å². The standard InChI is InChI=1S/C11H23NO2/c1-9(2)7-11(8-13)12-10-3-5-14-6-4-10/h9-13H,3-8H2,1-2H3/t11-/m0/s1. The van der Waals surface area contributed by atoms with E-state index in [9.17, 15) is 5.11 Å². The minimum Gasteiger partial charge on any atom is -0.395 e. The van der Waals surface area contributed by atoms with Crippen molar-refractivity contribution < 1.29 is 9.84 Å². The molecule has 1 saturated heterocycles. The van der Waals surface area contributed by atoms with Crippen LogP contribution < -0.4 is 5.32 Å². The lowest BCUT2D eigenvalue weighted by atomic mass is 10.0. The van der Waals surface area contributed by atoms with Crippen molar-refractivity contribution in [2.24, 2.45) is 5.92 Å². The summed E-state index contributed by atoms with van der Waals surface area (Å²) in [6, 6.07) is 0.803. The molecule has 14 heavy (non-hydrogen) atoms. The van der Waals surface area contributed by atoms with Crippen LogP contribution in [0.4, 0.5) is 0 Å². The van der Waals surface area contributed by atoms with Crippen molar-refractivity contribution in [2.75, 3.05) is 19.8 Å². The first-order chi connectivity index (χ1) is 6.72. The molecule has 1 fully saturated rings. The van der Waals surface area contributed by atoms with Crippen molar-refractivity contribution in [3.8, 4) is 0 Å². The number of hydrogen-bond donors (Lipinski definition) is 2. The molecule has 3 nitrogen and oxygen atoms in total. The van der Waals surface area contributed by atoms with Crippen molar-refractivity contribution in [2.45, 2.75) is 45.2 Å². The summed E-state index contributed by atoms with van der Waals surface area (Å²) >= 11 is 0. The molecule has 0 unspecified atom stereocenters. The van der Waals surface area contributed by atoms with Crippen LogP contribution in [0.15, 0.2) is 0 Å². The molecule has 2 N–H and O–H groups in total. The summed E-state index contributed by atoms with van der Waals surface area (Å²) in [6.07, 6.45) is 3.21. The summed E-state index contributed by atoms with van der Waals surface area (Å²) in [5, 5.41) is 12.7. The zero-order chi connectivity index (χ0) is 10.4. The zero-order valence-electron chi connectivity index (χ0n) is 9.33. The Labute approximate surface area is 86.8 Å². The maximum atomic E-state index is 9.21. The van der Waals surface area contributed by atoms with E-state index in [1.54, 1.807) is 0 Å². The summed E-state index contributed by atoms with van der Waals surface area (Å²) in [5.41, 5.74) is 0. The molecule has 1 atom stereocenters. The first-order valence-electron chi connectivity index (χ1n) is 5.67. The van der Waals surface area contributed by atoms with Crippen LogP contribution in [0.5, 0.6) is 0 Å². The van der Waals surface area contributed by atoms with E-state index < -0.39 is 0 Å². The molecule has 0 amide bonds. The Morgan fingerprint density at radius 2 is 2.00 bits per heavy atom. The first kappa shape index (κ1) is 12.0. The highest BCUT2D eigenvalue weighted by Gasteiger charge is 2.18. The van der Waals surface area contributed by atoms with Gasteiger partial charge in [-0.05, 0) is 25.2 Å². The van der Waals surface area contributed by atoms with Crippen molar-refractivity contribution in [1.29, 1.82) is 0 Å². The van der Waals surface area contributed by atoms with Gasteiger partial charge in [0.1, 0.15) is 0 Å². The second kappa shape index (κ2) is 6.38. The first-order valence-corrected chi connectivity index (χ1v) is 5.67. The van der Waals surface area contributed by atoms with Crippen LogP contribution in [0.1, 0.15) is 33.1 Å². The second-order valence-electron chi connectivity index (χ2n) is 4.56. The van der Waals surface area contributed by atoms with Gasteiger partial charge in [-0.2, -0.15) is 0 Å². The van der Waals surface area contributed by atoms with Gasteiger partial charge in [-0.1, -0.05) is 13.8 Å². The lowest BCUT2D eigenvalue weighted by Crippen LogP contribution is -2.44.